The fourth-order valence-corrected chi connectivity index (χ4v) is 3.75. The molecule has 0 aliphatic heterocycles. The summed E-state index contributed by atoms with van der Waals surface area (Å²) in [5.41, 5.74) is -0.752. The number of thiazole rings is 1. The van der Waals surface area contributed by atoms with Crippen LogP contribution in [0.5, 0.6) is 11.5 Å². The zero-order valence-electron chi connectivity index (χ0n) is 17.7. The van der Waals surface area contributed by atoms with Gasteiger partial charge in [0.15, 0.2) is 22.3 Å². The van der Waals surface area contributed by atoms with Gasteiger partial charge in [0.25, 0.3) is 5.91 Å². The number of benzene rings is 1. The predicted octanol–water partition coefficient (Wildman–Crippen LogP) is 4.03. The molecular weight excluding hydrogens is 498 g/mol. The molecule has 32 heavy (non-hydrogen) atoms. The van der Waals surface area contributed by atoms with Crippen molar-refractivity contribution in [3.8, 4) is 11.5 Å². The molecule has 0 aliphatic rings. The Labute approximate surface area is 197 Å². The highest BCUT2D eigenvalue weighted by Crippen LogP contribution is 2.33. The molecule has 0 saturated carbocycles. The minimum absolute atomic E-state index is 0.128. The maximum Gasteiger partial charge on any atom is 0.275 e. The van der Waals surface area contributed by atoms with Crippen molar-refractivity contribution >= 4 is 50.0 Å². The summed E-state index contributed by atoms with van der Waals surface area (Å²) >= 11 is 4.74. The lowest BCUT2D eigenvalue weighted by Gasteiger charge is -2.29. The first-order valence-electron chi connectivity index (χ1n) is 9.46. The molecular formula is C21H22BrN5O4S. The van der Waals surface area contributed by atoms with Crippen LogP contribution in [0.2, 0.25) is 0 Å². The quantitative estimate of drug-likeness (QED) is 0.260. The number of nitrogens with zero attached hydrogens (tertiary/aromatic N) is 3. The van der Waals surface area contributed by atoms with Crippen LogP contribution < -0.4 is 15.9 Å². The van der Waals surface area contributed by atoms with Gasteiger partial charge >= 0.3 is 0 Å². The maximum absolute atomic E-state index is 12.6. The average molecular weight is 520 g/mol. The summed E-state index contributed by atoms with van der Waals surface area (Å²) in [6.45, 7) is 2.77. The Bertz CT molecular complexity index is 1110. The molecule has 2 amide bonds. The SMILES string of the molecule is COC(C)(Cc1csc(Nc2ncc(Br)cc2Oc2ccccc2)n1)C(=O)N(N)C(C)=O. The van der Waals surface area contributed by atoms with Crippen molar-refractivity contribution in [3.63, 3.8) is 0 Å². The van der Waals surface area contributed by atoms with Crippen molar-refractivity contribution in [3.05, 3.63) is 58.1 Å². The number of carbonyl (C=O) groups excluding carboxylic acids is 2. The van der Waals surface area contributed by atoms with E-state index in [0.29, 0.717) is 33.2 Å². The number of imide groups is 1. The first-order valence-corrected chi connectivity index (χ1v) is 11.1. The predicted molar refractivity (Wildman–Crippen MR) is 125 cm³/mol. The molecule has 0 bridgehead atoms. The third-order valence-corrected chi connectivity index (χ3v) is 5.79. The molecule has 0 spiro atoms. The summed E-state index contributed by atoms with van der Waals surface area (Å²) in [5.74, 6) is 6.01. The van der Waals surface area contributed by atoms with Crippen molar-refractivity contribution in [1.29, 1.82) is 0 Å². The summed E-state index contributed by atoms with van der Waals surface area (Å²) in [7, 11) is 1.39. The number of hydrogen-bond donors (Lipinski definition) is 2. The van der Waals surface area contributed by atoms with E-state index in [-0.39, 0.29) is 6.42 Å². The topological polar surface area (TPSA) is 120 Å². The zero-order valence-corrected chi connectivity index (χ0v) is 20.1. The van der Waals surface area contributed by atoms with E-state index in [9.17, 15) is 9.59 Å². The van der Waals surface area contributed by atoms with Crippen LogP contribution in [-0.2, 0) is 20.7 Å². The fourth-order valence-electron chi connectivity index (χ4n) is 2.73. The Balaban J connectivity index is 1.78. The lowest BCUT2D eigenvalue weighted by atomic mass is 9.99. The zero-order chi connectivity index (χ0) is 23.3. The van der Waals surface area contributed by atoms with E-state index >= 15 is 0 Å². The monoisotopic (exact) mass is 519 g/mol. The van der Waals surface area contributed by atoms with E-state index in [0.717, 1.165) is 4.47 Å². The van der Waals surface area contributed by atoms with E-state index in [2.05, 4.69) is 31.2 Å². The van der Waals surface area contributed by atoms with Crippen molar-refractivity contribution in [2.45, 2.75) is 25.9 Å². The Kier molecular flexibility index (Phi) is 7.56. The van der Waals surface area contributed by atoms with E-state index in [4.69, 9.17) is 15.3 Å². The second-order valence-corrected chi connectivity index (χ2v) is 8.76. The van der Waals surface area contributed by atoms with Crippen LogP contribution in [0.15, 0.2) is 52.4 Å². The Morgan fingerprint density at radius 3 is 2.69 bits per heavy atom. The van der Waals surface area contributed by atoms with Gasteiger partial charge < -0.3 is 14.8 Å². The highest BCUT2D eigenvalue weighted by atomic mass is 79.9. The van der Waals surface area contributed by atoms with Crippen LogP contribution in [0.4, 0.5) is 10.9 Å². The van der Waals surface area contributed by atoms with Gasteiger partial charge in [-0.2, -0.15) is 0 Å². The molecule has 3 N–H and O–H groups in total. The van der Waals surface area contributed by atoms with Gasteiger partial charge in [0.1, 0.15) is 5.75 Å². The van der Waals surface area contributed by atoms with Crippen LogP contribution in [0.3, 0.4) is 0 Å². The summed E-state index contributed by atoms with van der Waals surface area (Å²) < 4.78 is 12.1. The van der Waals surface area contributed by atoms with E-state index < -0.39 is 17.4 Å². The molecule has 0 saturated heterocycles. The molecule has 0 radical (unpaired) electrons. The molecule has 0 fully saturated rings. The van der Waals surface area contributed by atoms with Crippen molar-refractivity contribution in [1.82, 2.24) is 15.0 Å². The van der Waals surface area contributed by atoms with Gasteiger partial charge in [-0.1, -0.05) is 18.2 Å². The highest BCUT2D eigenvalue weighted by molar-refractivity contribution is 9.10. The maximum atomic E-state index is 12.6. The molecule has 3 aromatic rings. The standard InChI is InChI=1S/C21H22BrN5O4S/c1-13(28)27(23)19(29)21(2,30-3)10-15-12-32-20(25-15)26-18-17(9-14(22)11-24-18)31-16-7-5-4-6-8-16/h4-9,11-12H,10,23H2,1-3H3,(H,24,25,26). The number of aromatic nitrogens is 2. The number of pyridine rings is 1. The minimum atomic E-state index is -1.34. The number of amides is 2. The van der Waals surface area contributed by atoms with E-state index in [1.54, 1.807) is 24.6 Å². The molecule has 11 heteroatoms. The lowest BCUT2D eigenvalue weighted by Crippen LogP contribution is -2.54. The summed E-state index contributed by atoms with van der Waals surface area (Å²) in [6.07, 6.45) is 1.77. The molecule has 2 heterocycles. The Morgan fingerprint density at radius 2 is 2.03 bits per heavy atom. The largest absolute Gasteiger partial charge is 0.453 e. The van der Waals surface area contributed by atoms with Crippen LogP contribution >= 0.6 is 27.3 Å². The van der Waals surface area contributed by atoms with Crippen LogP contribution in [0.1, 0.15) is 19.5 Å². The lowest BCUT2D eigenvalue weighted by molar-refractivity contribution is -0.159. The minimum Gasteiger partial charge on any atom is -0.453 e. The smallest absolute Gasteiger partial charge is 0.275 e. The Morgan fingerprint density at radius 1 is 1.31 bits per heavy atom. The number of carbonyl (C=O) groups is 2. The average Bonchev–Trinajstić information content (AvgIpc) is 3.21. The van der Waals surface area contributed by atoms with Crippen molar-refractivity contribution < 1.29 is 19.1 Å². The number of nitrogens with two attached hydrogens (primary N) is 1. The number of nitrogens with one attached hydrogen (secondary N) is 1. The van der Waals surface area contributed by atoms with E-state index in [1.165, 1.54) is 25.4 Å². The van der Waals surface area contributed by atoms with Gasteiger partial charge in [-0.3, -0.25) is 9.59 Å². The molecule has 3 rings (SSSR count). The first-order chi connectivity index (χ1) is 15.2. The van der Waals surface area contributed by atoms with E-state index in [1.807, 2.05) is 30.3 Å². The van der Waals surface area contributed by atoms with Gasteiger partial charge in [-0.15, -0.1) is 11.3 Å². The number of ether oxygens (including phenoxy) is 2. The van der Waals surface area contributed by atoms with Gasteiger partial charge in [0, 0.05) is 42.6 Å². The van der Waals surface area contributed by atoms with Crippen molar-refractivity contribution in [2.24, 2.45) is 5.84 Å². The number of hydrazine groups is 1. The molecule has 1 aromatic carbocycles. The summed E-state index contributed by atoms with van der Waals surface area (Å²) in [5, 5.41) is 6.04. The number of halogens is 1. The molecule has 1 atom stereocenters. The normalized spacial score (nSPS) is 12.7. The summed E-state index contributed by atoms with van der Waals surface area (Å²) in [6, 6.07) is 11.1. The van der Waals surface area contributed by atoms with Gasteiger partial charge in [0.05, 0.1) is 5.69 Å². The fraction of sp³-hybridized carbons (Fsp3) is 0.238. The molecule has 1 unspecified atom stereocenters. The number of anilines is 2. The summed E-state index contributed by atoms with van der Waals surface area (Å²) in [4.78, 5) is 33.0. The Hall–Kier alpha value is -2.86. The first kappa shape index (κ1) is 23.8. The number of methoxy groups -OCH3 is 1. The number of hydrogen-bond acceptors (Lipinski definition) is 9. The van der Waals surface area contributed by atoms with Crippen LogP contribution in [0, 0.1) is 0 Å². The van der Waals surface area contributed by atoms with Gasteiger partial charge in [-0.25, -0.2) is 20.8 Å². The highest BCUT2D eigenvalue weighted by Gasteiger charge is 2.38. The third kappa shape index (κ3) is 5.68. The third-order valence-electron chi connectivity index (χ3n) is 4.55. The van der Waals surface area contributed by atoms with Gasteiger partial charge in [-0.05, 0) is 35.0 Å². The number of para-hydroxylation sites is 1. The molecule has 9 nitrogen and oxygen atoms in total. The van der Waals surface area contributed by atoms with Crippen molar-refractivity contribution in [2.75, 3.05) is 12.4 Å². The van der Waals surface area contributed by atoms with Gasteiger partial charge in [0.2, 0.25) is 5.91 Å². The van der Waals surface area contributed by atoms with Crippen LogP contribution in [-0.4, -0.2) is 39.5 Å². The number of rotatable bonds is 8. The molecule has 2 aromatic heterocycles. The second-order valence-electron chi connectivity index (χ2n) is 6.99. The molecule has 0 aliphatic carbocycles. The van der Waals surface area contributed by atoms with Crippen LogP contribution in [0.25, 0.3) is 0 Å². The molecule has 168 valence electrons. The second kappa shape index (κ2) is 10.2.